The van der Waals surface area contributed by atoms with Gasteiger partial charge in [0, 0.05) is 23.2 Å². The average Bonchev–Trinajstić information content (AvgIpc) is 2.06. The minimum Gasteiger partial charge on any atom is -0.298 e. The maximum Gasteiger partial charge on any atom is 0.146 e. The van der Waals surface area contributed by atoms with Gasteiger partial charge in [0.25, 0.3) is 0 Å². The van der Waals surface area contributed by atoms with Crippen molar-refractivity contribution in [2.24, 2.45) is 0 Å². The molecule has 2 unspecified atom stereocenters. The van der Waals surface area contributed by atoms with E-state index in [1.165, 1.54) is 17.9 Å². The number of carbonyl (C=O) groups excluding carboxylic acids is 1. The van der Waals surface area contributed by atoms with Crippen molar-refractivity contribution in [1.82, 2.24) is 0 Å². The van der Waals surface area contributed by atoms with E-state index in [2.05, 4.69) is 0 Å². The molecule has 0 bridgehead atoms. The molecule has 0 aromatic rings. The summed E-state index contributed by atoms with van der Waals surface area (Å²) in [5, 5.41) is 1.03. The van der Waals surface area contributed by atoms with Crippen molar-refractivity contribution in [1.29, 1.82) is 0 Å². The molecule has 11 heavy (non-hydrogen) atoms. The maximum absolute atomic E-state index is 11.4. The first kappa shape index (κ1) is 7.99. The molecule has 0 radical (unpaired) electrons. The van der Waals surface area contributed by atoms with Gasteiger partial charge in [0.1, 0.15) is 5.78 Å². The number of Topliss-reactive ketones (excluding diaryl/α,β-unsaturated/α-hetero) is 1. The molecular formula is C8H12OS2. The van der Waals surface area contributed by atoms with Crippen LogP contribution < -0.4 is 0 Å². The molecule has 0 amide bonds. The fraction of sp³-hybridized carbons (Fsp3) is 0.875. The number of fused-ring (bicyclic) bond motifs is 1. The molecule has 2 rings (SSSR count). The molecular weight excluding hydrogens is 176 g/mol. The van der Waals surface area contributed by atoms with Gasteiger partial charge in [0.05, 0.1) is 5.25 Å². The standard InChI is InChI=1S/C8H12OS2/c9-6-2-1-3-7-8(6)11-5-4-10-7/h7-8H,1-5H2. The van der Waals surface area contributed by atoms with Gasteiger partial charge in [-0.15, -0.1) is 11.8 Å². The lowest BCUT2D eigenvalue weighted by Crippen LogP contribution is -2.36. The number of carbonyl (C=O) groups is 1. The molecule has 2 atom stereocenters. The highest BCUT2D eigenvalue weighted by Crippen LogP contribution is 2.38. The van der Waals surface area contributed by atoms with Gasteiger partial charge < -0.3 is 0 Å². The van der Waals surface area contributed by atoms with E-state index in [1.807, 2.05) is 23.5 Å². The Morgan fingerprint density at radius 1 is 1.27 bits per heavy atom. The monoisotopic (exact) mass is 188 g/mol. The van der Waals surface area contributed by atoms with Gasteiger partial charge in [-0.1, -0.05) is 0 Å². The zero-order valence-electron chi connectivity index (χ0n) is 6.41. The van der Waals surface area contributed by atoms with E-state index < -0.39 is 0 Å². The predicted molar refractivity (Wildman–Crippen MR) is 51.4 cm³/mol. The van der Waals surface area contributed by atoms with Crippen molar-refractivity contribution >= 4 is 29.3 Å². The third-order valence-electron chi connectivity index (χ3n) is 2.28. The fourth-order valence-corrected chi connectivity index (χ4v) is 4.84. The zero-order chi connectivity index (χ0) is 7.68. The fourth-order valence-electron chi connectivity index (χ4n) is 1.72. The minimum absolute atomic E-state index is 0.363. The van der Waals surface area contributed by atoms with Crippen LogP contribution in [0.25, 0.3) is 0 Å². The Morgan fingerprint density at radius 3 is 2.91 bits per heavy atom. The largest absolute Gasteiger partial charge is 0.298 e. The average molecular weight is 188 g/mol. The molecule has 0 aromatic carbocycles. The second-order valence-electron chi connectivity index (χ2n) is 3.06. The van der Waals surface area contributed by atoms with Crippen molar-refractivity contribution in [2.45, 2.75) is 29.8 Å². The lowest BCUT2D eigenvalue weighted by atomic mass is 9.98. The third-order valence-corrected chi connectivity index (χ3v) is 5.48. The van der Waals surface area contributed by atoms with Crippen molar-refractivity contribution in [3.8, 4) is 0 Å². The highest BCUT2D eigenvalue weighted by Gasteiger charge is 2.34. The molecule has 2 fully saturated rings. The summed E-state index contributed by atoms with van der Waals surface area (Å²) in [6.07, 6.45) is 3.25. The number of hydrogen-bond acceptors (Lipinski definition) is 3. The minimum atomic E-state index is 0.363. The normalized spacial score (nSPS) is 38.4. The lowest BCUT2D eigenvalue weighted by molar-refractivity contribution is -0.119. The van der Waals surface area contributed by atoms with Crippen LogP contribution in [0.15, 0.2) is 0 Å². The van der Waals surface area contributed by atoms with Crippen molar-refractivity contribution < 1.29 is 4.79 Å². The smallest absolute Gasteiger partial charge is 0.146 e. The van der Waals surface area contributed by atoms with Crippen LogP contribution >= 0.6 is 23.5 Å². The molecule has 1 heterocycles. The molecule has 3 heteroatoms. The van der Waals surface area contributed by atoms with Gasteiger partial charge in [-0.05, 0) is 12.8 Å². The van der Waals surface area contributed by atoms with Crippen LogP contribution in [0, 0.1) is 0 Å². The highest BCUT2D eigenvalue weighted by atomic mass is 32.2. The Morgan fingerprint density at radius 2 is 2.09 bits per heavy atom. The molecule has 1 saturated carbocycles. The van der Waals surface area contributed by atoms with E-state index in [4.69, 9.17) is 0 Å². The first-order valence-corrected chi connectivity index (χ1v) is 6.23. The summed E-state index contributed by atoms with van der Waals surface area (Å²) in [7, 11) is 0. The first-order valence-electron chi connectivity index (χ1n) is 4.14. The molecule has 1 saturated heterocycles. The Labute approximate surface area is 75.7 Å². The Kier molecular flexibility index (Phi) is 2.47. The summed E-state index contributed by atoms with van der Waals surface area (Å²) in [5.74, 6) is 2.94. The summed E-state index contributed by atoms with van der Waals surface area (Å²) in [5.41, 5.74) is 0. The molecule has 1 aliphatic heterocycles. The molecule has 1 nitrogen and oxygen atoms in total. The molecule has 62 valence electrons. The Balaban J connectivity index is 2.05. The van der Waals surface area contributed by atoms with Gasteiger partial charge in [0.15, 0.2) is 0 Å². The van der Waals surface area contributed by atoms with Crippen LogP contribution in [-0.4, -0.2) is 27.8 Å². The Hall–Kier alpha value is 0.370. The number of ketones is 1. The quantitative estimate of drug-likeness (QED) is 0.578. The van der Waals surface area contributed by atoms with E-state index in [0.29, 0.717) is 16.3 Å². The van der Waals surface area contributed by atoms with Crippen molar-refractivity contribution in [3.63, 3.8) is 0 Å². The van der Waals surface area contributed by atoms with Crippen LogP contribution in [0.2, 0.25) is 0 Å². The SMILES string of the molecule is O=C1CCCC2SCCSC12. The third kappa shape index (κ3) is 1.59. The second kappa shape index (κ2) is 3.40. The van der Waals surface area contributed by atoms with Gasteiger partial charge in [-0.25, -0.2) is 0 Å². The van der Waals surface area contributed by atoms with Gasteiger partial charge in [-0.3, -0.25) is 4.79 Å². The summed E-state index contributed by atoms with van der Waals surface area (Å²) in [6.45, 7) is 0. The van der Waals surface area contributed by atoms with E-state index in [1.54, 1.807) is 0 Å². The molecule has 0 N–H and O–H groups in total. The molecule has 0 aromatic heterocycles. The number of rotatable bonds is 0. The van der Waals surface area contributed by atoms with E-state index in [9.17, 15) is 4.79 Å². The molecule has 1 aliphatic carbocycles. The lowest BCUT2D eigenvalue weighted by Gasteiger charge is -2.32. The van der Waals surface area contributed by atoms with E-state index in [-0.39, 0.29) is 0 Å². The second-order valence-corrected chi connectivity index (χ2v) is 5.66. The van der Waals surface area contributed by atoms with Crippen LogP contribution in [-0.2, 0) is 4.79 Å². The van der Waals surface area contributed by atoms with Crippen LogP contribution in [0.5, 0.6) is 0 Å². The summed E-state index contributed by atoms with van der Waals surface area (Å²) in [6, 6.07) is 0. The summed E-state index contributed by atoms with van der Waals surface area (Å²) in [4.78, 5) is 11.4. The zero-order valence-corrected chi connectivity index (χ0v) is 8.05. The number of thioether (sulfide) groups is 2. The highest BCUT2D eigenvalue weighted by molar-refractivity contribution is 8.07. The van der Waals surface area contributed by atoms with Gasteiger partial charge in [0.2, 0.25) is 0 Å². The predicted octanol–water partition coefficient (Wildman–Crippen LogP) is 1.96. The van der Waals surface area contributed by atoms with Crippen molar-refractivity contribution in [3.05, 3.63) is 0 Å². The topological polar surface area (TPSA) is 17.1 Å². The summed E-state index contributed by atoms with van der Waals surface area (Å²) >= 11 is 3.89. The first-order chi connectivity index (χ1) is 5.38. The van der Waals surface area contributed by atoms with Crippen LogP contribution in [0.3, 0.4) is 0 Å². The van der Waals surface area contributed by atoms with Crippen molar-refractivity contribution in [2.75, 3.05) is 11.5 Å². The molecule has 0 spiro atoms. The Bertz CT molecular complexity index is 167. The van der Waals surface area contributed by atoms with E-state index in [0.717, 1.165) is 12.8 Å². The van der Waals surface area contributed by atoms with E-state index >= 15 is 0 Å². The van der Waals surface area contributed by atoms with Crippen LogP contribution in [0.4, 0.5) is 0 Å². The van der Waals surface area contributed by atoms with Crippen LogP contribution in [0.1, 0.15) is 19.3 Å². The maximum atomic E-state index is 11.4. The van der Waals surface area contributed by atoms with Gasteiger partial charge >= 0.3 is 0 Å². The summed E-state index contributed by atoms with van der Waals surface area (Å²) < 4.78 is 0. The van der Waals surface area contributed by atoms with Gasteiger partial charge in [-0.2, -0.15) is 11.8 Å². The number of hydrogen-bond donors (Lipinski definition) is 0. The molecule has 2 aliphatic rings.